The van der Waals surface area contributed by atoms with Gasteiger partial charge in [-0.1, -0.05) is 6.92 Å². The molecule has 0 fully saturated rings. The fourth-order valence-corrected chi connectivity index (χ4v) is 2.57. The second-order valence-corrected chi connectivity index (χ2v) is 4.97. The minimum atomic E-state index is -0.872. The first-order valence-electron chi connectivity index (χ1n) is 6.10. The summed E-state index contributed by atoms with van der Waals surface area (Å²) in [6.45, 7) is 4.41. The Morgan fingerprint density at radius 1 is 1.50 bits per heavy atom. The summed E-state index contributed by atoms with van der Waals surface area (Å²) in [6, 6.07) is 0. The number of rotatable bonds is 9. The molecular formula is C12H20N2O3S. The molecule has 0 unspecified atom stereocenters. The van der Waals surface area contributed by atoms with Crippen LogP contribution in [0, 0.1) is 0 Å². The fraction of sp³-hybridized carbons (Fsp3) is 0.667. The number of ether oxygens (including phenoxy) is 1. The van der Waals surface area contributed by atoms with Gasteiger partial charge < -0.3 is 15.2 Å². The maximum Gasteiger partial charge on any atom is 0.347 e. The van der Waals surface area contributed by atoms with Crippen molar-refractivity contribution >= 4 is 17.3 Å². The summed E-state index contributed by atoms with van der Waals surface area (Å²) >= 11 is 1.29. The first kappa shape index (κ1) is 15.1. The molecule has 0 spiro atoms. The molecule has 1 aromatic rings. The molecule has 0 aromatic carbocycles. The second kappa shape index (κ2) is 8.18. The van der Waals surface area contributed by atoms with Crippen molar-refractivity contribution in [3.05, 3.63) is 15.6 Å². The highest BCUT2D eigenvalue weighted by atomic mass is 32.1. The highest BCUT2D eigenvalue weighted by Crippen LogP contribution is 2.19. The van der Waals surface area contributed by atoms with E-state index in [0.29, 0.717) is 17.0 Å². The number of methoxy groups -OCH3 is 1. The Morgan fingerprint density at radius 2 is 2.28 bits per heavy atom. The third-order valence-electron chi connectivity index (χ3n) is 2.49. The van der Waals surface area contributed by atoms with Gasteiger partial charge in [0.1, 0.15) is 4.88 Å². The van der Waals surface area contributed by atoms with E-state index in [1.807, 2.05) is 6.92 Å². The lowest BCUT2D eigenvalue weighted by Crippen LogP contribution is -2.19. The van der Waals surface area contributed by atoms with E-state index < -0.39 is 5.97 Å². The van der Waals surface area contributed by atoms with E-state index in [1.54, 1.807) is 7.11 Å². The van der Waals surface area contributed by atoms with E-state index in [1.165, 1.54) is 11.3 Å². The summed E-state index contributed by atoms with van der Waals surface area (Å²) in [5, 5.41) is 13.2. The van der Waals surface area contributed by atoms with Gasteiger partial charge in [-0.25, -0.2) is 9.78 Å². The maximum absolute atomic E-state index is 11.0. The van der Waals surface area contributed by atoms with Gasteiger partial charge in [0.25, 0.3) is 0 Å². The van der Waals surface area contributed by atoms with Gasteiger partial charge >= 0.3 is 5.97 Å². The normalized spacial score (nSPS) is 10.8. The van der Waals surface area contributed by atoms with Crippen LogP contribution in [0.1, 0.15) is 33.7 Å². The van der Waals surface area contributed by atoms with Gasteiger partial charge in [0.05, 0.1) is 10.7 Å². The van der Waals surface area contributed by atoms with E-state index in [9.17, 15) is 4.79 Å². The van der Waals surface area contributed by atoms with Crippen LogP contribution in [0.3, 0.4) is 0 Å². The zero-order valence-corrected chi connectivity index (χ0v) is 11.7. The van der Waals surface area contributed by atoms with Gasteiger partial charge in [-0.05, 0) is 19.4 Å². The molecule has 1 rings (SSSR count). The highest BCUT2D eigenvalue weighted by Gasteiger charge is 2.15. The molecular weight excluding hydrogens is 252 g/mol. The lowest BCUT2D eigenvalue weighted by molar-refractivity contribution is 0.0701. The maximum atomic E-state index is 11.0. The van der Waals surface area contributed by atoms with Crippen molar-refractivity contribution in [2.75, 3.05) is 26.8 Å². The van der Waals surface area contributed by atoms with Crippen molar-refractivity contribution < 1.29 is 14.6 Å². The Labute approximate surface area is 111 Å². The first-order chi connectivity index (χ1) is 8.69. The van der Waals surface area contributed by atoms with Crippen molar-refractivity contribution in [1.29, 1.82) is 0 Å². The van der Waals surface area contributed by atoms with E-state index in [0.717, 1.165) is 37.5 Å². The number of aromatic carboxylic acids is 1. The molecule has 0 radical (unpaired) electrons. The molecule has 6 heteroatoms. The molecule has 0 aliphatic rings. The number of hydrogen-bond donors (Lipinski definition) is 2. The van der Waals surface area contributed by atoms with Crippen LogP contribution in [-0.2, 0) is 17.6 Å². The SMILES string of the molecule is CCc1nc(CCNCCCOC)sc1C(=O)O. The van der Waals surface area contributed by atoms with E-state index in [4.69, 9.17) is 9.84 Å². The molecule has 1 aromatic heterocycles. The molecule has 5 nitrogen and oxygen atoms in total. The van der Waals surface area contributed by atoms with Crippen molar-refractivity contribution in [2.45, 2.75) is 26.2 Å². The van der Waals surface area contributed by atoms with Crippen LogP contribution in [0.25, 0.3) is 0 Å². The molecule has 18 heavy (non-hydrogen) atoms. The topological polar surface area (TPSA) is 71.5 Å². The van der Waals surface area contributed by atoms with Crippen molar-refractivity contribution in [3.63, 3.8) is 0 Å². The largest absolute Gasteiger partial charge is 0.477 e. The number of nitrogens with zero attached hydrogens (tertiary/aromatic N) is 1. The van der Waals surface area contributed by atoms with Crippen LogP contribution in [-0.4, -0.2) is 42.9 Å². The van der Waals surface area contributed by atoms with E-state index in [-0.39, 0.29) is 0 Å². The fourth-order valence-electron chi connectivity index (χ4n) is 1.58. The van der Waals surface area contributed by atoms with Crippen LogP contribution in [0.2, 0.25) is 0 Å². The molecule has 2 N–H and O–H groups in total. The molecule has 0 saturated heterocycles. The van der Waals surface area contributed by atoms with E-state index >= 15 is 0 Å². The number of aromatic nitrogens is 1. The van der Waals surface area contributed by atoms with Gasteiger partial charge in [-0.15, -0.1) is 11.3 Å². The molecule has 1 heterocycles. The third-order valence-corrected chi connectivity index (χ3v) is 3.63. The van der Waals surface area contributed by atoms with Gasteiger partial charge in [-0.3, -0.25) is 0 Å². The summed E-state index contributed by atoms with van der Waals surface area (Å²) in [5.41, 5.74) is 0.696. The van der Waals surface area contributed by atoms with E-state index in [2.05, 4.69) is 10.3 Å². The molecule has 0 saturated carbocycles. The highest BCUT2D eigenvalue weighted by molar-refractivity contribution is 7.13. The Hall–Kier alpha value is -0.980. The smallest absolute Gasteiger partial charge is 0.347 e. The molecule has 0 aliphatic heterocycles. The molecule has 0 aliphatic carbocycles. The van der Waals surface area contributed by atoms with Crippen LogP contribution >= 0.6 is 11.3 Å². The Balaban J connectivity index is 2.36. The standard InChI is InChI=1S/C12H20N2O3S/c1-3-9-11(12(15)16)18-10(14-9)5-7-13-6-4-8-17-2/h13H,3-8H2,1-2H3,(H,15,16). The Bertz CT molecular complexity index is 379. The van der Waals surface area contributed by atoms with Crippen molar-refractivity contribution in [1.82, 2.24) is 10.3 Å². The number of nitrogens with one attached hydrogen (secondary N) is 1. The first-order valence-corrected chi connectivity index (χ1v) is 6.92. The minimum absolute atomic E-state index is 0.381. The average Bonchev–Trinajstić information content (AvgIpc) is 2.77. The van der Waals surface area contributed by atoms with Gasteiger partial charge in [0, 0.05) is 26.7 Å². The quantitative estimate of drug-likeness (QED) is 0.668. The van der Waals surface area contributed by atoms with Crippen molar-refractivity contribution in [3.8, 4) is 0 Å². The number of aryl methyl sites for hydroxylation is 1. The third kappa shape index (κ3) is 4.72. The van der Waals surface area contributed by atoms with Gasteiger partial charge in [-0.2, -0.15) is 0 Å². The number of carbonyl (C=O) groups is 1. The number of hydrogen-bond acceptors (Lipinski definition) is 5. The summed E-state index contributed by atoms with van der Waals surface area (Å²) in [4.78, 5) is 15.7. The molecule has 102 valence electrons. The summed E-state index contributed by atoms with van der Waals surface area (Å²) in [6.07, 6.45) is 2.42. The Kier molecular flexibility index (Phi) is 6.85. The monoisotopic (exact) mass is 272 g/mol. The minimum Gasteiger partial charge on any atom is -0.477 e. The summed E-state index contributed by atoms with van der Waals surface area (Å²) < 4.78 is 4.95. The number of thiazole rings is 1. The van der Waals surface area contributed by atoms with Gasteiger partial charge in [0.15, 0.2) is 0 Å². The zero-order valence-electron chi connectivity index (χ0n) is 10.9. The lowest BCUT2D eigenvalue weighted by atomic mass is 10.3. The number of carboxylic acid groups (broad SMARTS) is 1. The van der Waals surface area contributed by atoms with Crippen LogP contribution in [0.5, 0.6) is 0 Å². The number of carboxylic acids is 1. The van der Waals surface area contributed by atoms with Crippen LogP contribution in [0.4, 0.5) is 0 Å². The van der Waals surface area contributed by atoms with Crippen molar-refractivity contribution in [2.24, 2.45) is 0 Å². The molecule has 0 bridgehead atoms. The molecule has 0 atom stereocenters. The predicted molar refractivity (Wildman–Crippen MR) is 71.5 cm³/mol. The predicted octanol–water partition coefficient (Wildman–Crippen LogP) is 1.57. The summed E-state index contributed by atoms with van der Waals surface area (Å²) in [5.74, 6) is -0.872. The zero-order chi connectivity index (χ0) is 13.4. The van der Waals surface area contributed by atoms with Crippen LogP contribution in [0.15, 0.2) is 0 Å². The Morgan fingerprint density at radius 3 is 2.83 bits per heavy atom. The molecule has 0 amide bonds. The lowest BCUT2D eigenvalue weighted by Gasteiger charge is -2.02. The second-order valence-electron chi connectivity index (χ2n) is 3.89. The van der Waals surface area contributed by atoms with Gasteiger partial charge in [0.2, 0.25) is 0 Å². The van der Waals surface area contributed by atoms with Crippen LogP contribution < -0.4 is 5.32 Å². The average molecular weight is 272 g/mol. The summed E-state index contributed by atoms with van der Waals surface area (Å²) in [7, 11) is 1.69.